The van der Waals surface area contributed by atoms with Crippen molar-refractivity contribution in [2.45, 2.75) is 32.2 Å². The van der Waals surface area contributed by atoms with E-state index in [2.05, 4.69) is 21.2 Å². The zero-order valence-corrected chi connectivity index (χ0v) is 17.2. The SMILES string of the molecule is COc1ccc(C(C)NC(=O)CCc2ccc3c(c2)OCCCO3)cc1Br. The Balaban J connectivity index is 1.55. The van der Waals surface area contributed by atoms with Crippen LogP contribution in [0.3, 0.4) is 0 Å². The lowest BCUT2D eigenvalue weighted by Gasteiger charge is -2.16. The first-order valence-electron chi connectivity index (χ1n) is 9.08. The van der Waals surface area contributed by atoms with Crippen LogP contribution < -0.4 is 19.5 Å². The van der Waals surface area contributed by atoms with Crippen molar-refractivity contribution in [3.8, 4) is 17.2 Å². The Morgan fingerprint density at radius 1 is 1.19 bits per heavy atom. The van der Waals surface area contributed by atoms with Crippen LogP contribution in [0.1, 0.15) is 36.9 Å². The number of ether oxygens (including phenoxy) is 3. The van der Waals surface area contributed by atoms with Crippen molar-refractivity contribution < 1.29 is 19.0 Å². The fourth-order valence-electron chi connectivity index (χ4n) is 2.97. The van der Waals surface area contributed by atoms with Crippen molar-refractivity contribution in [1.29, 1.82) is 0 Å². The van der Waals surface area contributed by atoms with Gasteiger partial charge in [0.25, 0.3) is 0 Å². The number of aryl methyl sites for hydroxylation is 1. The highest BCUT2D eigenvalue weighted by Gasteiger charge is 2.14. The predicted octanol–water partition coefficient (Wildman–Crippen LogP) is 4.43. The van der Waals surface area contributed by atoms with Crippen LogP contribution in [0.4, 0.5) is 0 Å². The van der Waals surface area contributed by atoms with Gasteiger partial charge in [0.05, 0.1) is 30.8 Å². The molecule has 0 saturated carbocycles. The standard InChI is InChI=1S/C21H24BrNO4/c1-14(16-6-8-18(25-2)17(22)13-16)23-21(24)9-5-15-4-7-19-20(12-15)27-11-3-10-26-19/h4,6-8,12-14H,3,5,9-11H2,1-2H3,(H,23,24). The molecule has 0 aliphatic carbocycles. The molecule has 1 heterocycles. The Morgan fingerprint density at radius 3 is 2.70 bits per heavy atom. The Morgan fingerprint density at radius 2 is 1.96 bits per heavy atom. The largest absolute Gasteiger partial charge is 0.496 e. The second-order valence-electron chi connectivity index (χ2n) is 6.51. The van der Waals surface area contributed by atoms with E-state index in [4.69, 9.17) is 14.2 Å². The highest BCUT2D eigenvalue weighted by atomic mass is 79.9. The number of fused-ring (bicyclic) bond motifs is 1. The molecule has 0 fully saturated rings. The van der Waals surface area contributed by atoms with E-state index in [1.165, 1.54) is 0 Å². The Labute approximate surface area is 168 Å². The number of methoxy groups -OCH3 is 1. The maximum atomic E-state index is 12.3. The molecule has 2 aromatic rings. The maximum absolute atomic E-state index is 12.3. The lowest BCUT2D eigenvalue weighted by atomic mass is 10.1. The van der Waals surface area contributed by atoms with Gasteiger partial charge in [0.1, 0.15) is 5.75 Å². The van der Waals surface area contributed by atoms with Gasteiger partial charge in [-0.2, -0.15) is 0 Å². The fourth-order valence-corrected chi connectivity index (χ4v) is 3.53. The first-order valence-corrected chi connectivity index (χ1v) is 9.87. The van der Waals surface area contributed by atoms with Crippen molar-refractivity contribution >= 4 is 21.8 Å². The third kappa shape index (κ3) is 5.16. The van der Waals surface area contributed by atoms with Crippen molar-refractivity contribution in [2.75, 3.05) is 20.3 Å². The van der Waals surface area contributed by atoms with Crippen LogP contribution in [0.15, 0.2) is 40.9 Å². The number of nitrogens with one attached hydrogen (secondary N) is 1. The number of hydrogen-bond acceptors (Lipinski definition) is 4. The molecule has 0 spiro atoms. The summed E-state index contributed by atoms with van der Waals surface area (Å²) in [4.78, 5) is 12.3. The van der Waals surface area contributed by atoms with Gasteiger partial charge in [0.15, 0.2) is 11.5 Å². The second-order valence-corrected chi connectivity index (χ2v) is 7.37. The Hall–Kier alpha value is -2.21. The Kier molecular flexibility index (Phi) is 6.61. The minimum atomic E-state index is -0.0801. The van der Waals surface area contributed by atoms with Gasteiger partial charge < -0.3 is 19.5 Å². The molecule has 0 saturated heterocycles. The summed E-state index contributed by atoms with van der Waals surface area (Å²) in [5, 5.41) is 3.05. The maximum Gasteiger partial charge on any atom is 0.220 e. The summed E-state index contributed by atoms with van der Waals surface area (Å²) in [6, 6.07) is 11.6. The van der Waals surface area contributed by atoms with E-state index in [0.29, 0.717) is 26.1 Å². The van der Waals surface area contributed by atoms with Gasteiger partial charge in [-0.3, -0.25) is 4.79 Å². The summed E-state index contributed by atoms with van der Waals surface area (Å²) in [6.45, 7) is 3.31. The topological polar surface area (TPSA) is 56.8 Å². The van der Waals surface area contributed by atoms with Crippen molar-refractivity contribution in [2.24, 2.45) is 0 Å². The number of carbonyl (C=O) groups is 1. The predicted molar refractivity (Wildman–Crippen MR) is 108 cm³/mol. The van der Waals surface area contributed by atoms with E-state index in [-0.39, 0.29) is 11.9 Å². The van der Waals surface area contributed by atoms with E-state index in [0.717, 1.165) is 39.3 Å². The summed E-state index contributed by atoms with van der Waals surface area (Å²) < 4.78 is 17.5. The van der Waals surface area contributed by atoms with Crippen LogP contribution in [0, 0.1) is 0 Å². The number of rotatable bonds is 6. The molecule has 144 valence electrons. The lowest BCUT2D eigenvalue weighted by Crippen LogP contribution is -2.26. The van der Waals surface area contributed by atoms with Crippen LogP contribution >= 0.6 is 15.9 Å². The van der Waals surface area contributed by atoms with Gasteiger partial charge in [0, 0.05) is 12.8 Å². The molecule has 1 aliphatic heterocycles. The monoisotopic (exact) mass is 433 g/mol. The van der Waals surface area contributed by atoms with Crippen molar-refractivity contribution in [1.82, 2.24) is 5.32 Å². The molecule has 1 unspecified atom stereocenters. The fraction of sp³-hybridized carbons (Fsp3) is 0.381. The van der Waals surface area contributed by atoms with Crippen LogP contribution in [-0.4, -0.2) is 26.2 Å². The molecule has 1 amide bonds. The van der Waals surface area contributed by atoms with Crippen molar-refractivity contribution in [3.63, 3.8) is 0 Å². The van der Waals surface area contributed by atoms with Crippen LogP contribution in [0.2, 0.25) is 0 Å². The number of carbonyl (C=O) groups excluding carboxylic acids is 1. The first kappa shape index (κ1) is 19.5. The molecule has 1 aliphatic rings. The molecule has 3 rings (SSSR count). The second kappa shape index (κ2) is 9.13. The molecule has 1 N–H and O–H groups in total. The third-order valence-corrected chi connectivity index (χ3v) is 5.13. The average Bonchev–Trinajstić information content (AvgIpc) is 2.91. The average molecular weight is 434 g/mol. The molecule has 1 atom stereocenters. The van der Waals surface area contributed by atoms with Crippen molar-refractivity contribution in [3.05, 3.63) is 52.0 Å². The molecule has 6 heteroatoms. The summed E-state index contributed by atoms with van der Waals surface area (Å²) in [5.74, 6) is 2.33. The molecule has 0 radical (unpaired) electrons. The summed E-state index contributed by atoms with van der Waals surface area (Å²) >= 11 is 3.48. The first-order chi connectivity index (χ1) is 13.1. The quantitative estimate of drug-likeness (QED) is 0.731. The molecule has 0 bridgehead atoms. The van der Waals surface area contributed by atoms with Crippen LogP contribution in [0.25, 0.3) is 0 Å². The van der Waals surface area contributed by atoms with E-state index < -0.39 is 0 Å². The van der Waals surface area contributed by atoms with E-state index in [9.17, 15) is 4.79 Å². The Bertz CT molecular complexity index is 809. The van der Waals surface area contributed by atoms with E-state index in [1.54, 1.807) is 7.11 Å². The highest BCUT2D eigenvalue weighted by molar-refractivity contribution is 9.10. The molecular weight excluding hydrogens is 410 g/mol. The summed E-state index contributed by atoms with van der Waals surface area (Å²) in [7, 11) is 1.63. The smallest absolute Gasteiger partial charge is 0.220 e. The number of halogens is 1. The van der Waals surface area contributed by atoms with Gasteiger partial charge in [-0.1, -0.05) is 12.1 Å². The number of amides is 1. The van der Waals surface area contributed by atoms with Gasteiger partial charge in [0.2, 0.25) is 5.91 Å². The number of hydrogen-bond donors (Lipinski definition) is 1. The minimum absolute atomic E-state index is 0.0153. The van der Waals surface area contributed by atoms with E-state index >= 15 is 0 Å². The molecular formula is C21H24BrNO4. The zero-order chi connectivity index (χ0) is 19.2. The van der Waals surface area contributed by atoms with Crippen LogP contribution in [-0.2, 0) is 11.2 Å². The third-order valence-electron chi connectivity index (χ3n) is 4.51. The molecule has 0 aromatic heterocycles. The van der Waals surface area contributed by atoms with Gasteiger partial charge in [-0.25, -0.2) is 0 Å². The molecule has 5 nitrogen and oxygen atoms in total. The lowest BCUT2D eigenvalue weighted by molar-refractivity contribution is -0.121. The van der Waals surface area contributed by atoms with Gasteiger partial charge >= 0.3 is 0 Å². The number of benzene rings is 2. The summed E-state index contributed by atoms with van der Waals surface area (Å²) in [6.07, 6.45) is 1.95. The van der Waals surface area contributed by atoms with Gasteiger partial charge in [-0.05, 0) is 64.7 Å². The zero-order valence-electron chi connectivity index (χ0n) is 15.6. The van der Waals surface area contributed by atoms with E-state index in [1.807, 2.05) is 43.3 Å². The summed E-state index contributed by atoms with van der Waals surface area (Å²) in [5.41, 5.74) is 2.08. The molecule has 2 aromatic carbocycles. The highest BCUT2D eigenvalue weighted by Crippen LogP contribution is 2.31. The minimum Gasteiger partial charge on any atom is -0.496 e. The van der Waals surface area contributed by atoms with Crippen LogP contribution in [0.5, 0.6) is 17.2 Å². The normalized spacial score (nSPS) is 14.2. The molecule has 27 heavy (non-hydrogen) atoms. The van der Waals surface area contributed by atoms with Gasteiger partial charge in [-0.15, -0.1) is 0 Å².